The summed E-state index contributed by atoms with van der Waals surface area (Å²) in [6, 6.07) is 4.95. The van der Waals surface area contributed by atoms with Gasteiger partial charge in [-0.15, -0.1) is 0 Å². The monoisotopic (exact) mass is 210 g/mol. The molecule has 1 aromatic carbocycles. The minimum Gasteiger partial charge on any atom is -0.494 e. The standard InChI is InChI=1S/C12H15FO2/c1-15-11-4-3-9(7-10(11)13)12(8-14)5-2-6-12/h3-4,7,14H,2,5-6,8H2,1H3. The quantitative estimate of drug-likeness (QED) is 0.829. The van der Waals surface area contributed by atoms with Crippen molar-refractivity contribution in [1.29, 1.82) is 0 Å². The summed E-state index contributed by atoms with van der Waals surface area (Å²) in [5.74, 6) is -0.0964. The van der Waals surface area contributed by atoms with Crippen LogP contribution in [0.2, 0.25) is 0 Å². The lowest BCUT2D eigenvalue weighted by atomic mass is 9.65. The number of hydrogen-bond acceptors (Lipinski definition) is 2. The highest BCUT2D eigenvalue weighted by Gasteiger charge is 2.38. The molecule has 1 aromatic rings. The molecule has 2 nitrogen and oxygen atoms in total. The Kier molecular flexibility index (Phi) is 2.65. The third kappa shape index (κ3) is 1.61. The van der Waals surface area contributed by atoms with E-state index in [0.717, 1.165) is 24.8 Å². The van der Waals surface area contributed by atoms with Gasteiger partial charge in [0, 0.05) is 5.41 Å². The molecule has 0 atom stereocenters. The van der Waals surface area contributed by atoms with Crippen molar-refractivity contribution >= 4 is 0 Å². The summed E-state index contributed by atoms with van der Waals surface area (Å²) in [6.07, 6.45) is 2.98. The number of halogens is 1. The second-order valence-electron chi connectivity index (χ2n) is 4.14. The van der Waals surface area contributed by atoms with Gasteiger partial charge in [0.25, 0.3) is 0 Å². The van der Waals surface area contributed by atoms with Gasteiger partial charge in [0.05, 0.1) is 13.7 Å². The van der Waals surface area contributed by atoms with E-state index in [1.54, 1.807) is 6.07 Å². The molecule has 1 aliphatic carbocycles. The van der Waals surface area contributed by atoms with Gasteiger partial charge in [-0.2, -0.15) is 0 Å². The fourth-order valence-electron chi connectivity index (χ4n) is 2.14. The van der Waals surface area contributed by atoms with Crippen LogP contribution in [0.5, 0.6) is 5.75 Å². The van der Waals surface area contributed by atoms with Crippen LogP contribution in [0.25, 0.3) is 0 Å². The molecule has 1 N–H and O–H groups in total. The Balaban J connectivity index is 2.33. The van der Waals surface area contributed by atoms with E-state index >= 15 is 0 Å². The van der Waals surface area contributed by atoms with E-state index in [9.17, 15) is 9.50 Å². The Labute approximate surface area is 88.7 Å². The maximum atomic E-state index is 13.5. The van der Waals surface area contributed by atoms with Gasteiger partial charge in [0.2, 0.25) is 0 Å². The minimum atomic E-state index is -0.352. The van der Waals surface area contributed by atoms with Crippen LogP contribution in [0.4, 0.5) is 4.39 Å². The molecule has 0 saturated heterocycles. The highest BCUT2D eigenvalue weighted by Crippen LogP contribution is 2.43. The molecule has 3 heteroatoms. The molecule has 2 rings (SSSR count). The van der Waals surface area contributed by atoms with Crippen LogP contribution in [-0.2, 0) is 5.41 Å². The molecule has 1 fully saturated rings. The molecule has 0 bridgehead atoms. The van der Waals surface area contributed by atoms with E-state index in [0.29, 0.717) is 0 Å². The summed E-state index contributed by atoms with van der Waals surface area (Å²) in [7, 11) is 1.45. The van der Waals surface area contributed by atoms with E-state index in [-0.39, 0.29) is 23.6 Å². The average molecular weight is 210 g/mol. The Bertz CT molecular complexity index is 353. The zero-order chi connectivity index (χ0) is 10.9. The lowest BCUT2D eigenvalue weighted by Crippen LogP contribution is -2.37. The molecular weight excluding hydrogens is 195 g/mol. The fourth-order valence-corrected chi connectivity index (χ4v) is 2.14. The van der Waals surface area contributed by atoms with Crippen LogP contribution >= 0.6 is 0 Å². The number of hydrogen-bond donors (Lipinski definition) is 1. The average Bonchev–Trinajstić information content (AvgIpc) is 2.17. The second kappa shape index (κ2) is 3.81. The van der Waals surface area contributed by atoms with Gasteiger partial charge < -0.3 is 9.84 Å². The number of methoxy groups -OCH3 is 1. The van der Waals surface area contributed by atoms with Crippen molar-refractivity contribution in [3.8, 4) is 5.75 Å². The molecule has 15 heavy (non-hydrogen) atoms. The van der Waals surface area contributed by atoms with Crippen molar-refractivity contribution in [2.75, 3.05) is 13.7 Å². The first-order chi connectivity index (χ1) is 7.22. The fraction of sp³-hybridized carbons (Fsp3) is 0.500. The molecule has 82 valence electrons. The van der Waals surface area contributed by atoms with Crippen LogP contribution in [0, 0.1) is 5.82 Å². The van der Waals surface area contributed by atoms with Gasteiger partial charge >= 0.3 is 0 Å². The first-order valence-corrected chi connectivity index (χ1v) is 5.17. The third-order valence-electron chi connectivity index (χ3n) is 3.38. The van der Waals surface area contributed by atoms with Gasteiger partial charge in [0.1, 0.15) is 0 Å². The number of benzene rings is 1. The topological polar surface area (TPSA) is 29.5 Å². The minimum absolute atomic E-state index is 0.0960. The molecular formula is C12H15FO2. The third-order valence-corrected chi connectivity index (χ3v) is 3.38. The van der Waals surface area contributed by atoms with Crippen molar-refractivity contribution in [3.05, 3.63) is 29.6 Å². The van der Waals surface area contributed by atoms with Crippen LogP contribution in [0.3, 0.4) is 0 Å². The first-order valence-electron chi connectivity index (χ1n) is 5.17. The summed E-state index contributed by atoms with van der Waals surface area (Å²) < 4.78 is 18.3. The molecule has 0 amide bonds. The number of ether oxygens (including phenoxy) is 1. The molecule has 1 aliphatic rings. The number of rotatable bonds is 3. The van der Waals surface area contributed by atoms with Crippen molar-refractivity contribution in [2.24, 2.45) is 0 Å². The van der Waals surface area contributed by atoms with E-state index in [2.05, 4.69) is 0 Å². The van der Waals surface area contributed by atoms with Crippen LogP contribution in [0.1, 0.15) is 24.8 Å². The van der Waals surface area contributed by atoms with E-state index in [4.69, 9.17) is 4.74 Å². The summed E-state index contributed by atoms with van der Waals surface area (Å²) in [4.78, 5) is 0. The van der Waals surface area contributed by atoms with Crippen molar-refractivity contribution in [1.82, 2.24) is 0 Å². The molecule has 0 aromatic heterocycles. The number of aliphatic hydroxyl groups is 1. The lowest BCUT2D eigenvalue weighted by molar-refractivity contribution is 0.120. The summed E-state index contributed by atoms with van der Waals surface area (Å²) in [6.45, 7) is 0.0960. The highest BCUT2D eigenvalue weighted by molar-refractivity contribution is 5.35. The van der Waals surface area contributed by atoms with Gasteiger partial charge in [-0.25, -0.2) is 4.39 Å². The summed E-state index contributed by atoms with van der Waals surface area (Å²) >= 11 is 0. The second-order valence-corrected chi connectivity index (χ2v) is 4.14. The molecule has 0 spiro atoms. The Hall–Kier alpha value is -1.09. The zero-order valence-electron chi connectivity index (χ0n) is 8.79. The molecule has 0 heterocycles. The highest BCUT2D eigenvalue weighted by atomic mass is 19.1. The van der Waals surface area contributed by atoms with E-state index in [1.165, 1.54) is 13.2 Å². The Morgan fingerprint density at radius 2 is 2.20 bits per heavy atom. The van der Waals surface area contributed by atoms with Crippen LogP contribution in [0.15, 0.2) is 18.2 Å². The van der Waals surface area contributed by atoms with Gasteiger partial charge in [0.15, 0.2) is 11.6 Å². The summed E-state index contributed by atoms with van der Waals surface area (Å²) in [5.41, 5.74) is 0.683. The smallest absolute Gasteiger partial charge is 0.165 e. The van der Waals surface area contributed by atoms with E-state index in [1.807, 2.05) is 6.07 Å². The maximum Gasteiger partial charge on any atom is 0.165 e. The number of aliphatic hydroxyl groups excluding tert-OH is 1. The first kappa shape index (κ1) is 10.4. The SMILES string of the molecule is COc1ccc(C2(CO)CCC2)cc1F. The molecule has 0 radical (unpaired) electrons. The predicted molar refractivity (Wildman–Crippen MR) is 55.6 cm³/mol. The Morgan fingerprint density at radius 3 is 2.60 bits per heavy atom. The van der Waals surface area contributed by atoms with Gasteiger partial charge in [-0.05, 0) is 30.5 Å². The molecule has 0 unspecified atom stereocenters. The predicted octanol–water partition coefficient (Wildman–Crippen LogP) is 2.25. The summed E-state index contributed by atoms with van der Waals surface area (Å²) in [5, 5.41) is 9.35. The normalized spacial score (nSPS) is 18.3. The van der Waals surface area contributed by atoms with Crippen molar-refractivity contribution in [3.63, 3.8) is 0 Å². The van der Waals surface area contributed by atoms with Crippen molar-refractivity contribution < 1.29 is 14.2 Å². The molecule has 1 saturated carbocycles. The zero-order valence-corrected chi connectivity index (χ0v) is 8.79. The van der Waals surface area contributed by atoms with Crippen LogP contribution < -0.4 is 4.74 Å². The van der Waals surface area contributed by atoms with Gasteiger partial charge in [-0.1, -0.05) is 12.5 Å². The van der Waals surface area contributed by atoms with Crippen molar-refractivity contribution in [2.45, 2.75) is 24.7 Å². The Morgan fingerprint density at radius 1 is 1.47 bits per heavy atom. The largest absolute Gasteiger partial charge is 0.494 e. The van der Waals surface area contributed by atoms with Crippen LogP contribution in [-0.4, -0.2) is 18.8 Å². The maximum absolute atomic E-state index is 13.5. The lowest BCUT2D eigenvalue weighted by Gasteiger charge is -2.40. The van der Waals surface area contributed by atoms with E-state index < -0.39 is 0 Å². The molecule has 0 aliphatic heterocycles. The van der Waals surface area contributed by atoms with Gasteiger partial charge in [-0.3, -0.25) is 0 Å².